The van der Waals surface area contributed by atoms with E-state index in [1.165, 1.54) is 21.7 Å². The Kier molecular flexibility index (Phi) is 3.85. The lowest BCUT2D eigenvalue weighted by Crippen LogP contribution is -2.30. The van der Waals surface area contributed by atoms with Crippen molar-refractivity contribution in [2.45, 2.75) is 33.2 Å². The molecule has 2 aromatic rings. The van der Waals surface area contributed by atoms with Gasteiger partial charge in [0.1, 0.15) is 0 Å². The summed E-state index contributed by atoms with van der Waals surface area (Å²) in [5.74, 6) is 5.72. The van der Waals surface area contributed by atoms with Crippen LogP contribution in [-0.2, 0) is 13.5 Å². The molecule has 0 aromatic carbocycles. The van der Waals surface area contributed by atoms with Gasteiger partial charge in [0.25, 0.3) is 0 Å². The minimum atomic E-state index is 0.151. The Morgan fingerprint density at radius 1 is 1.44 bits per heavy atom. The van der Waals surface area contributed by atoms with Gasteiger partial charge in [-0.1, -0.05) is 0 Å². The number of hydrogen-bond donors (Lipinski definition) is 2. The molecule has 0 aliphatic heterocycles. The van der Waals surface area contributed by atoms with Crippen LogP contribution in [0.2, 0.25) is 0 Å². The van der Waals surface area contributed by atoms with E-state index in [1.807, 2.05) is 11.7 Å². The van der Waals surface area contributed by atoms with E-state index in [9.17, 15) is 0 Å². The van der Waals surface area contributed by atoms with Crippen molar-refractivity contribution >= 4 is 11.3 Å². The highest BCUT2D eigenvalue weighted by Crippen LogP contribution is 2.27. The van der Waals surface area contributed by atoms with Crippen molar-refractivity contribution < 1.29 is 0 Å². The van der Waals surface area contributed by atoms with Crippen LogP contribution in [-0.4, -0.2) is 9.78 Å². The highest BCUT2D eigenvalue weighted by molar-refractivity contribution is 7.10. The van der Waals surface area contributed by atoms with Crippen molar-refractivity contribution in [2.24, 2.45) is 12.9 Å². The molecule has 0 aliphatic carbocycles. The second kappa shape index (κ2) is 5.22. The van der Waals surface area contributed by atoms with E-state index in [2.05, 4.69) is 42.7 Å². The van der Waals surface area contributed by atoms with Crippen molar-refractivity contribution in [3.8, 4) is 0 Å². The predicted molar refractivity (Wildman–Crippen MR) is 75.5 cm³/mol. The lowest BCUT2D eigenvalue weighted by atomic mass is 9.99. The van der Waals surface area contributed by atoms with Crippen LogP contribution in [0.1, 0.15) is 33.4 Å². The van der Waals surface area contributed by atoms with E-state index < -0.39 is 0 Å². The maximum atomic E-state index is 5.72. The summed E-state index contributed by atoms with van der Waals surface area (Å²) in [7, 11) is 1.98. The molecule has 1 unspecified atom stereocenters. The largest absolute Gasteiger partial charge is 0.272 e. The molecule has 0 bridgehead atoms. The second-order valence-electron chi connectivity index (χ2n) is 4.63. The Bertz CT molecular complexity index is 541. The summed E-state index contributed by atoms with van der Waals surface area (Å²) in [4.78, 5) is 1.32. The Balaban J connectivity index is 2.29. The van der Waals surface area contributed by atoms with E-state index in [-0.39, 0.29) is 6.04 Å². The topological polar surface area (TPSA) is 55.9 Å². The van der Waals surface area contributed by atoms with E-state index in [0.29, 0.717) is 0 Å². The van der Waals surface area contributed by atoms with Gasteiger partial charge >= 0.3 is 0 Å². The standard InChI is InChI=1S/C13H20N4S/c1-8-12(9(2)17(4)16-8)7-13(15-14)11-5-6-18-10(11)3/h5-6,13,15H,7,14H2,1-4H3. The van der Waals surface area contributed by atoms with Gasteiger partial charge in [0.2, 0.25) is 0 Å². The fraction of sp³-hybridized carbons (Fsp3) is 0.462. The summed E-state index contributed by atoms with van der Waals surface area (Å²) >= 11 is 1.76. The first kappa shape index (κ1) is 13.3. The van der Waals surface area contributed by atoms with Gasteiger partial charge in [-0.2, -0.15) is 5.10 Å². The zero-order valence-corrected chi connectivity index (χ0v) is 12.1. The first-order chi connectivity index (χ1) is 8.54. The number of hydrazine groups is 1. The summed E-state index contributed by atoms with van der Waals surface area (Å²) in [6, 6.07) is 2.30. The highest BCUT2D eigenvalue weighted by Gasteiger charge is 2.18. The molecule has 0 radical (unpaired) electrons. The zero-order valence-electron chi connectivity index (χ0n) is 11.3. The van der Waals surface area contributed by atoms with Crippen molar-refractivity contribution in [1.82, 2.24) is 15.2 Å². The number of hydrogen-bond acceptors (Lipinski definition) is 4. The molecule has 18 heavy (non-hydrogen) atoms. The molecule has 5 heteroatoms. The number of rotatable bonds is 4. The van der Waals surface area contributed by atoms with Gasteiger partial charge in [0.05, 0.1) is 11.7 Å². The molecule has 0 spiro atoms. The van der Waals surface area contributed by atoms with Crippen molar-refractivity contribution in [1.29, 1.82) is 0 Å². The van der Waals surface area contributed by atoms with E-state index in [0.717, 1.165) is 12.1 Å². The highest BCUT2D eigenvalue weighted by atomic mass is 32.1. The minimum Gasteiger partial charge on any atom is -0.272 e. The van der Waals surface area contributed by atoms with Crippen molar-refractivity contribution in [3.63, 3.8) is 0 Å². The number of aromatic nitrogens is 2. The van der Waals surface area contributed by atoms with Crippen LogP contribution in [0.3, 0.4) is 0 Å². The fourth-order valence-corrected chi connectivity index (χ4v) is 3.10. The predicted octanol–water partition coefficient (Wildman–Crippen LogP) is 2.15. The number of nitrogens with one attached hydrogen (secondary N) is 1. The maximum Gasteiger partial charge on any atom is 0.0629 e. The number of thiophene rings is 1. The SMILES string of the molecule is Cc1nn(C)c(C)c1CC(NN)c1ccsc1C. The van der Waals surface area contributed by atoms with Crippen LogP contribution in [0.25, 0.3) is 0 Å². The van der Waals surface area contributed by atoms with Gasteiger partial charge in [-0.05, 0) is 49.8 Å². The zero-order chi connectivity index (χ0) is 13.3. The molecule has 0 saturated heterocycles. The van der Waals surface area contributed by atoms with Crippen molar-refractivity contribution in [2.75, 3.05) is 0 Å². The van der Waals surface area contributed by atoms with Gasteiger partial charge in [-0.25, -0.2) is 0 Å². The molecule has 2 rings (SSSR count). The maximum absolute atomic E-state index is 5.72. The monoisotopic (exact) mass is 264 g/mol. The molecule has 0 saturated carbocycles. The summed E-state index contributed by atoms with van der Waals surface area (Å²) in [6.45, 7) is 6.28. The third-order valence-corrected chi connectivity index (χ3v) is 4.40. The Morgan fingerprint density at radius 2 is 2.17 bits per heavy atom. The smallest absolute Gasteiger partial charge is 0.0629 e. The van der Waals surface area contributed by atoms with Crippen molar-refractivity contribution in [3.05, 3.63) is 38.8 Å². The number of nitrogens with two attached hydrogens (primary N) is 1. The lowest BCUT2D eigenvalue weighted by molar-refractivity contribution is 0.549. The molecule has 4 nitrogen and oxygen atoms in total. The normalized spacial score (nSPS) is 12.9. The Hall–Kier alpha value is -1.17. The average molecular weight is 264 g/mol. The molecule has 0 fully saturated rings. The summed E-state index contributed by atoms with van der Waals surface area (Å²) in [5.41, 5.74) is 7.79. The summed E-state index contributed by atoms with van der Waals surface area (Å²) in [6.07, 6.45) is 0.875. The third-order valence-electron chi connectivity index (χ3n) is 3.54. The third kappa shape index (κ3) is 2.34. The van der Waals surface area contributed by atoms with Gasteiger partial charge < -0.3 is 0 Å². The molecule has 2 aromatic heterocycles. The molecule has 0 amide bonds. The first-order valence-corrected chi connectivity index (χ1v) is 6.91. The van der Waals surface area contributed by atoms with E-state index in [4.69, 9.17) is 5.84 Å². The van der Waals surface area contributed by atoms with E-state index in [1.54, 1.807) is 11.3 Å². The van der Waals surface area contributed by atoms with E-state index >= 15 is 0 Å². The van der Waals surface area contributed by atoms with Gasteiger partial charge in [0.15, 0.2) is 0 Å². The number of aryl methyl sites for hydroxylation is 3. The van der Waals surface area contributed by atoms with Gasteiger partial charge in [0, 0.05) is 17.6 Å². The average Bonchev–Trinajstić information content (AvgIpc) is 2.84. The quantitative estimate of drug-likeness (QED) is 0.657. The molecule has 2 heterocycles. The van der Waals surface area contributed by atoms with Crippen LogP contribution in [0.4, 0.5) is 0 Å². The molecular formula is C13H20N4S. The fourth-order valence-electron chi connectivity index (χ4n) is 2.33. The Morgan fingerprint density at radius 3 is 2.61 bits per heavy atom. The van der Waals surface area contributed by atoms with Gasteiger partial charge in [-0.15, -0.1) is 11.3 Å². The molecule has 1 atom stereocenters. The summed E-state index contributed by atoms with van der Waals surface area (Å²) < 4.78 is 1.93. The van der Waals surface area contributed by atoms with Crippen LogP contribution >= 0.6 is 11.3 Å². The van der Waals surface area contributed by atoms with Crippen LogP contribution in [0.5, 0.6) is 0 Å². The molecule has 0 aliphatic rings. The molecular weight excluding hydrogens is 244 g/mol. The second-order valence-corrected chi connectivity index (χ2v) is 5.75. The Labute approximate surface area is 112 Å². The lowest BCUT2D eigenvalue weighted by Gasteiger charge is -2.16. The van der Waals surface area contributed by atoms with Crippen LogP contribution in [0, 0.1) is 20.8 Å². The molecule has 3 N–H and O–H groups in total. The van der Waals surface area contributed by atoms with Gasteiger partial charge in [-0.3, -0.25) is 16.0 Å². The van der Waals surface area contributed by atoms with Crippen LogP contribution < -0.4 is 11.3 Å². The number of nitrogens with zero attached hydrogens (tertiary/aromatic N) is 2. The first-order valence-electron chi connectivity index (χ1n) is 6.03. The summed E-state index contributed by atoms with van der Waals surface area (Å²) in [5, 5.41) is 6.56. The minimum absolute atomic E-state index is 0.151. The molecule has 98 valence electrons. The van der Waals surface area contributed by atoms with Crippen LogP contribution in [0.15, 0.2) is 11.4 Å².